The summed E-state index contributed by atoms with van der Waals surface area (Å²) in [4.78, 5) is 8.17. The molecule has 0 amide bonds. The van der Waals surface area contributed by atoms with Gasteiger partial charge in [0.25, 0.3) is 0 Å². The highest BCUT2D eigenvalue weighted by molar-refractivity contribution is 6.33. The van der Waals surface area contributed by atoms with Crippen molar-refractivity contribution in [2.45, 2.75) is 6.92 Å². The first-order valence-corrected chi connectivity index (χ1v) is 3.88. The number of rotatable bonds is 0. The van der Waals surface area contributed by atoms with E-state index in [1.807, 2.05) is 13.2 Å². The second-order valence-corrected chi connectivity index (χ2v) is 2.96. The van der Waals surface area contributed by atoms with E-state index in [9.17, 15) is 0 Å². The Kier molecular flexibility index (Phi) is 1.51. The van der Waals surface area contributed by atoms with Crippen LogP contribution in [-0.2, 0) is 7.05 Å². The van der Waals surface area contributed by atoms with Crippen molar-refractivity contribution in [3.63, 3.8) is 0 Å². The lowest BCUT2D eigenvalue weighted by molar-refractivity contribution is 0.779. The van der Waals surface area contributed by atoms with E-state index < -0.39 is 0 Å². The Labute approximate surface area is 74.2 Å². The van der Waals surface area contributed by atoms with Gasteiger partial charge < -0.3 is 0 Å². The molecule has 0 aliphatic carbocycles. The average molecular weight is 183 g/mol. The normalized spacial score (nSPS) is 10.9. The lowest BCUT2D eigenvalue weighted by Crippen LogP contribution is -1.88. The van der Waals surface area contributed by atoms with Crippen molar-refractivity contribution in [2.24, 2.45) is 7.05 Å². The number of aryl methyl sites for hydroxylation is 2. The molecule has 0 unspecified atom stereocenters. The van der Waals surface area contributed by atoms with Gasteiger partial charge in [0.2, 0.25) is 0 Å². The zero-order valence-electron chi connectivity index (χ0n) is 6.74. The first-order valence-electron chi connectivity index (χ1n) is 3.50. The van der Waals surface area contributed by atoms with Gasteiger partial charge in [-0.25, -0.2) is 9.97 Å². The standard InChI is InChI=1S/C7H7ClN4/c1-4-9-5-3-12(2)11-6(5)7(8)10-4/h3H,1-2H3. The molecule has 0 aliphatic heterocycles. The molecular formula is C7H7ClN4. The van der Waals surface area contributed by atoms with E-state index in [1.54, 1.807) is 11.6 Å². The molecule has 0 bridgehead atoms. The lowest BCUT2D eigenvalue weighted by Gasteiger charge is -1.92. The quantitative estimate of drug-likeness (QED) is 0.578. The third kappa shape index (κ3) is 1.04. The van der Waals surface area contributed by atoms with Crippen LogP contribution in [0.5, 0.6) is 0 Å². The van der Waals surface area contributed by atoms with Crippen molar-refractivity contribution in [3.05, 3.63) is 17.2 Å². The molecule has 12 heavy (non-hydrogen) atoms. The SMILES string of the molecule is Cc1nc(Cl)c2nn(C)cc2n1. The van der Waals surface area contributed by atoms with Crippen LogP contribution < -0.4 is 0 Å². The monoisotopic (exact) mass is 182 g/mol. The van der Waals surface area contributed by atoms with Gasteiger partial charge in [0.1, 0.15) is 16.9 Å². The molecule has 62 valence electrons. The Morgan fingerprint density at radius 2 is 2.17 bits per heavy atom. The zero-order chi connectivity index (χ0) is 8.72. The molecule has 0 saturated heterocycles. The summed E-state index contributed by atoms with van der Waals surface area (Å²) in [5.74, 6) is 0.667. The van der Waals surface area contributed by atoms with E-state index >= 15 is 0 Å². The van der Waals surface area contributed by atoms with Crippen LogP contribution in [0.2, 0.25) is 5.15 Å². The Morgan fingerprint density at radius 3 is 2.92 bits per heavy atom. The minimum atomic E-state index is 0.415. The van der Waals surface area contributed by atoms with E-state index in [4.69, 9.17) is 11.6 Å². The molecule has 0 fully saturated rings. The molecule has 2 rings (SSSR count). The first-order chi connectivity index (χ1) is 5.66. The molecule has 0 aliphatic rings. The molecule has 4 nitrogen and oxygen atoms in total. The van der Waals surface area contributed by atoms with Crippen molar-refractivity contribution in [3.8, 4) is 0 Å². The van der Waals surface area contributed by atoms with Gasteiger partial charge >= 0.3 is 0 Å². The third-order valence-corrected chi connectivity index (χ3v) is 1.81. The molecule has 0 saturated carbocycles. The average Bonchev–Trinajstić information content (AvgIpc) is 2.29. The van der Waals surface area contributed by atoms with Crippen molar-refractivity contribution in [2.75, 3.05) is 0 Å². The summed E-state index contributed by atoms with van der Waals surface area (Å²) in [7, 11) is 1.83. The van der Waals surface area contributed by atoms with Gasteiger partial charge in [0.05, 0.1) is 6.20 Å². The van der Waals surface area contributed by atoms with E-state index in [-0.39, 0.29) is 0 Å². The van der Waals surface area contributed by atoms with Crippen LogP contribution in [0, 0.1) is 6.92 Å². The summed E-state index contributed by atoms with van der Waals surface area (Å²) in [6, 6.07) is 0. The van der Waals surface area contributed by atoms with Crippen LogP contribution in [0.15, 0.2) is 6.20 Å². The molecule has 0 spiro atoms. The van der Waals surface area contributed by atoms with Crippen LogP contribution >= 0.6 is 11.6 Å². The van der Waals surface area contributed by atoms with Gasteiger partial charge in [-0.3, -0.25) is 4.68 Å². The van der Waals surface area contributed by atoms with Crippen molar-refractivity contribution in [1.29, 1.82) is 0 Å². The lowest BCUT2D eigenvalue weighted by atomic mass is 10.4. The Hall–Kier alpha value is -1.16. The van der Waals surface area contributed by atoms with Crippen LogP contribution in [0.1, 0.15) is 5.82 Å². The second-order valence-electron chi connectivity index (χ2n) is 2.60. The summed E-state index contributed by atoms with van der Waals surface area (Å²) in [6.45, 7) is 1.80. The van der Waals surface area contributed by atoms with Crippen LogP contribution in [0.25, 0.3) is 11.0 Å². The summed E-state index contributed by atoms with van der Waals surface area (Å²) in [6.07, 6.45) is 1.82. The highest BCUT2D eigenvalue weighted by Gasteiger charge is 2.06. The molecular weight excluding hydrogens is 176 g/mol. The fourth-order valence-electron chi connectivity index (χ4n) is 1.10. The van der Waals surface area contributed by atoms with Gasteiger partial charge in [-0.05, 0) is 6.92 Å². The van der Waals surface area contributed by atoms with Crippen molar-refractivity contribution < 1.29 is 0 Å². The fourth-order valence-corrected chi connectivity index (χ4v) is 1.36. The predicted octanol–water partition coefficient (Wildman–Crippen LogP) is 1.33. The van der Waals surface area contributed by atoms with Gasteiger partial charge in [-0.1, -0.05) is 11.6 Å². The summed E-state index contributed by atoms with van der Waals surface area (Å²) >= 11 is 5.85. The largest absolute Gasteiger partial charge is 0.273 e. The molecule has 0 N–H and O–H groups in total. The van der Waals surface area contributed by atoms with E-state index in [1.165, 1.54) is 0 Å². The van der Waals surface area contributed by atoms with Crippen molar-refractivity contribution in [1.82, 2.24) is 19.7 Å². The number of halogens is 1. The second kappa shape index (κ2) is 2.42. The number of fused-ring (bicyclic) bond motifs is 1. The number of hydrogen-bond acceptors (Lipinski definition) is 3. The number of nitrogens with zero attached hydrogens (tertiary/aromatic N) is 4. The topological polar surface area (TPSA) is 43.6 Å². The van der Waals surface area contributed by atoms with Crippen LogP contribution in [0.4, 0.5) is 0 Å². The van der Waals surface area contributed by atoms with Crippen LogP contribution in [-0.4, -0.2) is 19.7 Å². The summed E-state index contributed by atoms with van der Waals surface area (Å²) < 4.78 is 1.67. The van der Waals surface area contributed by atoms with Gasteiger partial charge in [-0.15, -0.1) is 0 Å². The fraction of sp³-hybridized carbons (Fsp3) is 0.286. The smallest absolute Gasteiger partial charge is 0.160 e. The van der Waals surface area contributed by atoms with Gasteiger partial charge in [0, 0.05) is 7.05 Å². The van der Waals surface area contributed by atoms with E-state index in [0.29, 0.717) is 16.5 Å². The Balaban J connectivity index is 2.88. The molecule has 5 heteroatoms. The maximum Gasteiger partial charge on any atom is 0.160 e. The van der Waals surface area contributed by atoms with Gasteiger partial charge in [-0.2, -0.15) is 5.10 Å². The highest BCUT2D eigenvalue weighted by Crippen LogP contribution is 2.17. The van der Waals surface area contributed by atoms with Gasteiger partial charge in [0.15, 0.2) is 5.15 Å². The first kappa shape index (κ1) is 7.49. The third-order valence-electron chi connectivity index (χ3n) is 1.55. The molecule has 0 aromatic carbocycles. The molecule has 2 aromatic heterocycles. The minimum Gasteiger partial charge on any atom is -0.273 e. The summed E-state index contributed by atoms with van der Waals surface area (Å²) in [5.41, 5.74) is 1.44. The predicted molar refractivity (Wildman–Crippen MR) is 46.1 cm³/mol. The zero-order valence-corrected chi connectivity index (χ0v) is 7.50. The highest BCUT2D eigenvalue weighted by atomic mass is 35.5. The molecule has 2 heterocycles. The maximum atomic E-state index is 5.85. The number of aromatic nitrogens is 4. The number of hydrogen-bond donors (Lipinski definition) is 0. The van der Waals surface area contributed by atoms with Crippen molar-refractivity contribution >= 4 is 22.6 Å². The van der Waals surface area contributed by atoms with Crippen LogP contribution in [0.3, 0.4) is 0 Å². The Morgan fingerprint density at radius 1 is 1.42 bits per heavy atom. The summed E-state index contributed by atoms with van der Waals surface area (Å²) in [5, 5.41) is 4.53. The van der Waals surface area contributed by atoms with E-state index in [2.05, 4.69) is 15.1 Å². The van der Waals surface area contributed by atoms with E-state index in [0.717, 1.165) is 5.52 Å². The molecule has 0 atom stereocenters. The maximum absolute atomic E-state index is 5.85. The Bertz CT molecular complexity index is 434. The minimum absolute atomic E-state index is 0.415. The molecule has 0 radical (unpaired) electrons. The molecule has 2 aromatic rings.